The maximum absolute atomic E-state index is 12.3. The van der Waals surface area contributed by atoms with Crippen LogP contribution >= 0.6 is 15.9 Å². The van der Waals surface area contributed by atoms with E-state index in [-0.39, 0.29) is 14.9 Å². The fourth-order valence-electron chi connectivity index (χ4n) is 1.54. The van der Waals surface area contributed by atoms with Gasteiger partial charge in [0.25, 0.3) is 0 Å². The quantitative estimate of drug-likeness (QED) is 0.747. The number of ether oxygens (including phenoxy) is 1. The smallest absolute Gasteiger partial charge is 0.335 e. The SMILES string of the molecule is COC(=O)C(C)(C)NS(=O)(=O)c1ccc(C(=O)O)cc1Br. The summed E-state index contributed by atoms with van der Waals surface area (Å²) in [6.07, 6.45) is 0. The first-order valence-corrected chi connectivity index (χ1v) is 7.94. The first-order valence-electron chi connectivity index (χ1n) is 5.66. The minimum atomic E-state index is -4.04. The second-order valence-electron chi connectivity index (χ2n) is 4.67. The first-order chi connectivity index (χ1) is 9.51. The maximum atomic E-state index is 12.3. The largest absolute Gasteiger partial charge is 0.478 e. The Morgan fingerprint density at radius 2 is 1.90 bits per heavy atom. The van der Waals surface area contributed by atoms with Crippen LogP contribution in [0.5, 0.6) is 0 Å². The van der Waals surface area contributed by atoms with Gasteiger partial charge in [-0.25, -0.2) is 13.2 Å². The zero-order chi connectivity index (χ0) is 16.4. The van der Waals surface area contributed by atoms with Gasteiger partial charge in [-0.15, -0.1) is 0 Å². The lowest BCUT2D eigenvalue weighted by Gasteiger charge is -2.23. The van der Waals surface area contributed by atoms with Gasteiger partial charge in [-0.2, -0.15) is 4.72 Å². The third-order valence-electron chi connectivity index (χ3n) is 2.55. The Balaban J connectivity index is 3.21. The molecule has 2 N–H and O–H groups in total. The van der Waals surface area contributed by atoms with Crippen molar-refractivity contribution in [3.05, 3.63) is 28.2 Å². The summed E-state index contributed by atoms with van der Waals surface area (Å²) < 4.78 is 31.4. The van der Waals surface area contributed by atoms with Crippen LogP contribution in [0.3, 0.4) is 0 Å². The predicted molar refractivity (Wildman–Crippen MR) is 77.5 cm³/mol. The second kappa shape index (κ2) is 6.12. The number of benzene rings is 1. The van der Waals surface area contributed by atoms with Crippen LogP contribution in [-0.2, 0) is 19.6 Å². The number of carboxylic acid groups (broad SMARTS) is 1. The van der Waals surface area contributed by atoms with Crippen LogP contribution < -0.4 is 4.72 Å². The van der Waals surface area contributed by atoms with E-state index in [1.807, 2.05) is 0 Å². The fraction of sp³-hybridized carbons (Fsp3) is 0.333. The average Bonchev–Trinajstić information content (AvgIpc) is 2.35. The third-order valence-corrected chi connectivity index (χ3v) is 5.19. The molecular formula is C12H14BrNO6S. The zero-order valence-electron chi connectivity index (χ0n) is 11.5. The molecule has 0 saturated carbocycles. The number of halogens is 1. The van der Waals surface area contributed by atoms with Gasteiger partial charge in [-0.1, -0.05) is 0 Å². The molecule has 116 valence electrons. The average molecular weight is 380 g/mol. The van der Waals surface area contributed by atoms with Crippen molar-refractivity contribution in [3.8, 4) is 0 Å². The molecule has 0 aromatic heterocycles. The Kier molecular flexibility index (Phi) is 5.13. The van der Waals surface area contributed by atoms with Gasteiger partial charge in [-0.05, 0) is 48.0 Å². The van der Waals surface area contributed by atoms with Crippen LogP contribution in [0.4, 0.5) is 0 Å². The van der Waals surface area contributed by atoms with Crippen LogP contribution in [0, 0.1) is 0 Å². The molecule has 0 atom stereocenters. The molecule has 0 saturated heterocycles. The zero-order valence-corrected chi connectivity index (χ0v) is 13.9. The van der Waals surface area contributed by atoms with Crippen molar-refractivity contribution in [2.45, 2.75) is 24.3 Å². The van der Waals surface area contributed by atoms with Gasteiger partial charge in [0.2, 0.25) is 10.0 Å². The van der Waals surface area contributed by atoms with Crippen LogP contribution in [0.1, 0.15) is 24.2 Å². The lowest BCUT2D eigenvalue weighted by atomic mass is 10.1. The van der Waals surface area contributed by atoms with E-state index < -0.39 is 27.5 Å². The molecule has 0 aliphatic rings. The normalized spacial score (nSPS) is 12.0. The molecule has 1 rings (SSSR count). The van der Waals surface area contributed by atoms with E-state index in [2.05, 4.69) is 25.4 Å². The minimum absolute atomic E-state index is 0.0620. The number of carbonyl (C=O) groups is 2. The van der Waals surface area contributed by atoms with Gasteiger partial charge in [-0.3, -0.25) is 4.79 Å². The van der Waals surface area contributed by atoms with E-state index >= 15 is 0 Å². The number of hydrogen-bond donors (Lipinski definition) is 2. The molecule has 0 unspecified atom stereocenters. The maximum Gasteiger partial charge on any atom is 0.335 e. The monoisotopic (exact) mass is 379 g/mol. The minimum Gasteiger partial charge on any atom is -0.478 e. The molecule has 0 bridgehead atoms. The molecule has 7 nitrogen and oxygen atoms in total. The molecule has 0 aliphatic carbocycles. The van der Waals surface area contributed by atoms with Crippen LogP contribution in [0.2, 0.25) is 0 Å². The summed E-state index contributed by atoms with van der Waals surface area (Å²) in [5.41, 5.74) is -1.52. The molecular weight excluding hydrogens is 366 g/mol. The summed E-state index contributed by atoms with van der Waals surface area (Å²) in [6.45, 7) is 2.71. The summed E-state index contributed by atoms with van der Waals surface area (Å²) in [6, 6.07) is 3.47. The molecule has 0 aliphatic heterocycles. The highest BCUT2D eigenvalue weighted by atomic mass is 79.9. The van der Waals surface area contributed by atoms with Crippen molar-refractivity contribution in [1.29, 1.82) is 0 Å². The number of esters is 1. The summed E-state index contributed by atoms with van der Waals surface area (Å²) in [7, 11) is -2.89. The Labute approximate surface area is 130 Å². The fourth-order valence-corrected chi connectivity index (χ4v) is 3.99. The van der Waals surface area contributed by atoms with Gasteiger partial charge >= 0.3 is 11.9 Å². The van der Waals surface area contributed by atoms with Gasteiger partial charge in [0.15, 0.2) is 0 Å². The van der Waals surface area contributed by atoms with Gasteiger partial charge in [0, 0.05) is 4.47 Å². The Morgan fingerprint density at radius 1 is 1.33 bits per heavy atom. The second-order valence-corrected chi connectivity index (χ2v) is 7.18. The Morgan fingerprint density at radius 3 is 2.33 bits per heavy atom. The van der Waals surface area contributed by atoms with Crippen LogP contribution in [-0.4, -0.2) is 38.1 Å². The highest BCUT2D eigenvalue weighted by Crippen LogP contribution is 2.24. The Hall–Kier alpha value is -1.45. The number of nitrogens with one attached hydrogen (secondary N) is 1. The highest BCUT2D eigenvalue weighted by molar-refractivity contribution is 9.10. The van der Waals surface area contributed by atoms with Crippen molar-refractivity contribution in [3.63, 3.8) is 0 Å². The molecule has 1 aromatic carbocycles. The van der Waals surface area contributed by atoms with Crippen molar-refractivity contribution < 1.29 is 27.9 Å². The molecule has 0 fully saturated rings. The lowest BCUT2D eigenvalue weighted by molar-refractivity contribution is -0.146. The van der Waals surface area contributed by atoms with Gasteiger partial charge in [0.1, 0.15) is 5.54 Å². The topological polar surface area (TPSA) is 110 Å². The first kappa shape index (κ1) is 17.6. The van der Waals surface area contributed by atoms with E-state index in [4.69, 9.17) is 5.11 Å². The number of carbonyl (C=O) groups excluding carboxylic acids is 1. The summed E-state index contributed by atoms with van der Waals surface area (Å²) >= 11 is 3.01. The molecule has 1 aromatic rings. The number of hydrogen-bond acceptors (Lipinski definition) is 5. The van der Waals surface area contributed by atoms with Gasteiger partial charge < -0.3 is 9.84 Å². The number of carboxylic acids is 1. The Bertz CT molecular complexity index is 683. The summed E-state index contributed by atoms with van der Waals surface area (Å²) in [5, 5.41) is 8.85. The predicted octanol–water partition coefficient (Wildman–Crippen LogP) is 1.38. The summed E-state index contributed by atoms with van der Waals surface area (Å²) in [4.78, 5) is 22.2. The van der Waals surface area contributed by atoms with E-state index in [9.17, 15) is 18.0 Å². The highest BCUT2D eigenvalue weighted by Gasteiger charge is 2.35. The molecule has 21 heavy (non-hydrogen) atoms. The number of aromatic carboxylic acids is 1. The number of methoxy groups -OCH3 is 1. The van der Waals surface area contributed by atoms with E-state index in [0.29, 0.717) is 0 Å². The standard InChI is InChI=1S/C12H14BrNO6S/c1-12(2,11(17)20-3)14-21(18,19)9-5-4-7(10(15)16)6-8(9)13/h4-6,14H,1-3H3,(H,15,16). The third kappa shape index (κ3) is 4.02. The van der Waals surface area contributed by atoms with Gasteiger partial charge in [0.05, 0.1) is 17.6 Å². The van der Waals surface area contributed by atoms with E-state index in [1.165, 1.54) is 19.9 Å². The molecule has 0 heterocycles. The molecule has 9 heteroatoms. The van der Waals surface area contributed by atoms with Crippen LogP contribution in [0.25, 0.3) is 0 Å². The van der Waals surface area contributed by atoms with Crippen molar-refractivity contribution in [2.24, 2.45) is 0 Å². The molecule has 0 amide bonds. The van der Waals surface area contributed by atoms with Crippen molar-refractivity contribution in [2.75, 3.05) is 7.11 Å². The summed E-state index contributed by atoms with van der Waals surface area (Å²) in [5.74, 6) is -1.92. The van der Waals surface area contributed by atoms with Crippen molar-refractivity contribution >= 4 is 37.9 Å². The lowest BCUT2D eigenvalue weighted by Crippen LogP contribution is -2.50. The number of sulfonamides is 1. The van der Waals surface area contributed by atoms with E-state index in [0.717, 1.165) is 19.2 Å². The molecule has 0 radical (unpaired) electrons. The van der Waals surface area contributed by atoms with Crippen LogP contribution in [0.15, 0.2) is 27.6 Å². The number of rotatable bonds is 5. The van der Waals surface area contributed by atoms with Crippen molar-refractivity contribution in [1.82, 2.24) is 4.72 Å². The van der Waals surface area contributed by atoms with E-state index in [1.54, 1.807) is 0 Å². The molecule has 0 spiro atoms.